The van der Waals surface area contributed by atoms with E-state index in [0.717, 1.165) is 36.4 Å². The van der Waals surface area contributed by atoms with E-state index in [1.807, 2.05) is 24.3 Å². The Kier molecular flexibility index (Phi) is 6.06. The molecule has 0 aliphatic heterocycles. The van der Waals surface area contributed by atoms with Gasteiger partial charge in [0, 0.05) is 12.5 Å². The van der Waals surface area contributed by atoms with Crippen molar-refractivity contribution in [3.63, 3.8) is 0 Å². The van der Waals surface area contributed by atoms with Gasteiger partial charge >= 0.3 is 0 Å². The molecule has 1 atom stereocenters. The highest BCUT2D eigenvalue weighted by molar-refractivity contribution is 5.72. The maximum absolute atomic E-state index is 5.83. The van der Waals surface area contributed by atoms with Crippen molar-refractivity contribution in [2.24, 2.45) is 0 Å². The molecule has 0 aliphatic rings. The number of nitrogens with zero attached hydrogens (tertiary/aromatic N) is 1. The number of hydrogen-bond acceptors (Lipinski definition) is 3. The van der Waals surface area contributed by atoms with Gasteiger partial charge in [0.05, 0.1) is 0 Å². The number of rotatable bonds is 9. The fourth-order valence-corrected chi connectivity index (χ4v) is 2.48. The third-order valence-corrected chi connectivity index (χ3v) is 3.60. The van der Waals surface area contributed by atoms with Crippen molar-refractivity contribution >= 4 is 11.1 Å². The first-order valence-corrected chi connectivity index (χ1v) is 7.91. The summed E-state index contributed by atoms with van der Waals surface area (Å²) < 4.78 is 5.83. The van der Waals surface area contributed by atoms with E-state index in [2.05, 4.69) is 24.1 Å². The Morgan fingerprint density at radius 3 is 2.75 bits per heavy atom. The highest BCUT2D eigenvalue weighted by Crippen LogP contribution is 2.17. The van der Waals surface area contributed by atoms with Crippen molar-refractivity contribution in [3.8, 4) is 0 Å². The van der Waals surface area contributed by atoms with Gasteiger partial charge in [0.1, 0.15) is 5.52 Å². The molecular weight excluding hydrogens is 248 g/mol. The van der Waals surface area contributed by atoms with Crippen LogP contribution in [-0.4, -0.2) is 17.6 Å². The molecule has 2 aromatic rings. The molecule has 3 heteroatoms. The number of aromatic nitrogens is 1. The Labute approximate surface area is 121 Å². The normalized spacial score (nSPS) is 12.9. The topological polar surface area (TPSA) is 38.1 Å². The average molecular weight is 274 g/mol. The van der Waals surface area contributed by atoms with E-state index < -0.39 is 0 Å². The molecule has 1 N–H and O–H groups in total. The molecule has 0 amide bonds. The molecule has 110 valence electrons. The van der Waals surface area contributed by atoms with Crippen molar-refractivity contribution in [2.45, 2.75) is 58.4 Å². The number of nitrogens with one attached hydrogen (secondary N) is 1. The number of fused-ring (bicyclic) bond motifs is 1. The van der Waals surface area contributed by atoms with Crippen LogP contribution in [0.1, 0.15) is 51.8 Å². The summed E-state index contributed by atoms with van der Waals surface area (Å²) in [6, 6.07) is 8.47. The van der Waals surface area contributed by atoms with Crippen molar-refractivity contribution in [2.75, 3.05) is 6.54 Å². The van der Waals surface area contributed by atoms with Gasteiger partial charge in [-0.05, 0) is 31.5 Å². The summed E-state index contributed by atoms with van der Waals surface area (Å²) in [4.78, 5) is 4.58. The standard InChI is InChI=1S/C17H26N2O/c1-3-5-6-9-14(18-12-4-2)13-17-19-15-10-7-8-11-16(15)20-17/h7-8,10-11,14,18H,3-6,9,12-13H2,1-2H3. The van der Waals surface area contributed by atoms with Crippen LogP contribution < -0.4 is 5.32 Å². The summed E-state index contributed by atoms with van der Waals surface area (Å²) in [6.07, 6.45) is 7.10. The van der Waals surface area contributed by atoms with Gasteiger partial charge in [0.2, 0.25) is 0 Å². The van der Waals surface area contributed by atoms with Crippen molar-refractivity contribution in [1.82, 2.24) is 10.3 Å². The fraction of sp³-hybridized carbons (Fsp3) is 0.588. The number of oxazole rings is 1. The van der Waals surface area contributed by atoms with E-state index >= 15 is 0 Å². The molecule has 1 aromatic heterocycles. The third kappa shape index (κ3) is 4.34. The zero-order valence-electron chi connectivity index (χ0n) is 12.7. The smallest absolute Gasteiger partial charge is 0.197 e. The minimum absolute atomic E-state index is 0.481. The van der Waals surface area contributed by atoms with Crippen LogP contribution in [0.3, 0.4) is 0 Å². The van der Waals surface area contributed by atoms with Gasteiger partial charge in [0.15, 0.2) is 11.5 Å². The first-order valence-electron chi connectivity index (χ1n) is 7.91. The van der Waals surface area contributed by atoms with Gasteiger partial charge in [-0.1, -0.05) is 45.2 Å². The minimum atomic E-state index is 0.481. The number of unbranched alkanes of at least 4 members (excludes halogenated alkanes) is 2. The molecule has 0 aliphatic carbocycles. The molecule has 0 fully saturated rings. The van der Waals surface area contributed by atoms with Crippen LogP contribution in [0.2, 0.25) is 0 Å². The average Bonchev–Trinajstić information content (AvgIpc) is 2.87. The molecule has 1 unspecified atom stereocenters. The van der Waals surface area contributed by atoms with Crippen LogP contribution in [0, 0.1) is 0 Å². The van der Waals surface area contributed by atoms with E-state index in [4.69, 9.17) is 4.42 Å². The Hall–Kier alpha value is -1.35. The molecule has 0 saturated heterocycles. The van der Waals surface area contributed by atoms with Crippen molar-refractivity contribution in [1.29, 1.82) is 0 Å². The monoisotopic (exact) mass is 274 g/mol. The molecule has 1 heterocycles. The van der Waals surface area contributed by atoms with Crippen molar-refractivity contribution in [3.05, 3.63) is 30.2 Å². The van der Waals surface area contributed by atoms with Crippen LogP contribution in [0.4, 0.5) is 0 Å². The molecule has 1 aromatic carbocycles. The van der Waals surface area contributed by atoms with E-state index in [1.165, 1.54) is 25.7 Å². The van der Waals surface area contributed by atoms with Gasteiger partial charge in [-0.3, -0.25) is 0 Å². The summed E-state index contributed by atoms with van der Waals surface area (Å²) in [5.74, 6) is 0.858. The molecular formula is C17H26N2O. The summed E-state index contributed by atoms with van der Waals surface area (Å²) in [5, 5.41) is 3.62. The third-order valence-electron chi connectivity index (χ3n) is 3.60. The molecule has 0 spiro atoms. The summed E-state index contributed by atoms with van der Waals surface area (Å²) in [5.41, 5.74) is 1.86. The Morgan fingerprint density at radius 1 is 1.15 bits per heavy atom. The van der Waals surface area contributed by atoms with E-state index in [-0.39, 0.29) is 0 Å². The summed E-state index contributed by atoms with van der Waals surface area (Å²) in [7, 11) is 0. The molecule has 3 nitrogen and oxygen atoms in total. The molecule has 0 saturated carbocycles. The van der Waals surface area contributed by atoms with Gasteiger partial charge in [0.25, 0.3) is 0 Å². The molecule has 0 radical (unpaired) electrons. The minimum Gasteiger partial charge on any atom is -0.441 e. The predicted octanol–water partition coefficient (Wildman–Crippen LogP) is 4.32. The SMILES string of the molecule is CCCCCC(Cc1nc2ccccc2o1)NCCC. The molecule has 20 heavy (non-hydrogen) atoms. The van der Waals surface area contributed by atoms with Gasteiger partial charge in [-0.15, -0.1) is 0 Å². The lowest BCUT2D eigenvalue weighted by atomic mass is 10.1. The van der Waals surface area contributed by atoms with Crippen LogP contribution in [-0.2, 0) is 6.42 Å². The number of hydrogen-bond donors (Lipinski definition) is 1. The van der Waals surface area contributed by atoms with Gasteiger partial charge in [-0.25, -0.2) is 4.98 Å². The molecule has 0 bridgehead atoms. The highest BCUT2D eigenvalue weighted by Gasteiger charge is 2.13. The van der Waals surface area contributed by atoms with E-state index in [1.54, 1.807) is 0 Å². The van der Waals surface area contributed by atoms with E-state index in [0.29, 0.717) is 6.04 Å². The lowest BCUT2D eigenvalue weighted by molar-refractivity contribution is 0.413. The second kappa shape index (κ2) is 8.05. The first kappa shape index (κ1) is 15.0. The van der Waals surface area contributed by atoms with Gasteiger partial charge < -0.3 is 9.73 Å². The van der Waals surface area contributed by atoms with Gasteiger partial charge in [-0.2, -0.15) is 0 Å². The number of benzene rings is 1. The Balaban J connectivity index is 1.97. The quantitative estimate of drug-likeness (QED) is 0.692. The number of para-hydroxylation sites is 2. The Morgan fingerprint density at radius 2 is 2.00 bits per heavy atom. The van der Waals surface area contributed by atoms with Crippen LogP contribution in [0.25, 0.3) is 11.1 Å². The Bertz CT molecular complexity index is 473. The maximum atomic E-state index is 5.83. The van der Waals surface area contributed by atoms with Crippen LogP contribution in [0.5, 0.6) is 0 Å². The second-order valence-corrected chi connectivity index (χ2v) is 5.43. The van der Waals surface area contributed by atoms with Crippen LogP contribution >= 0.6 is 0 Å². The highest BCUT2D eigenvalue weighted by atomic mass is 16.3. The predicted molar refractivity (Wildman–Crippen MR) is 83.9 cm³/mol. The van der Waals surface area contributed by atoms with Crippen molar-refractivity contribution < 1.29 is 4.42 Å². The first-order chi connectivity index (χ1) is 9.83. The fourth-order valence-electron chi connectivity index (χ4n) is 2.48. The zero-order chi connectivity index (χ0) is 14.2. The van der Waals surface area contributed by atoms with E-state index in [9.17, 15) is 0 Å². The second-order valence-electron chi connectivity index (χ2n) is 5.43. The lowest BCUT2D eigenvalue weighted by Crippen LogP contribution is -2.31. The maximum Gasteiger partial charge on any atom is 0.197 e. The summed E-state index contributed by atoms with van der Waals surface area (Å²) >= 11 is 0. The summed E-state index contributed by atoms with van der Waals surface area (Å²) in [6.45, 7) is 5.52. The zero-order valence-corrected chi connectivity index (χ0v) is 12.7. The lowest BCUT2D eigenvalue weighted by Gasteiger charge is -2.16. The largest absolute Gasteiger partial charge is 0.441 e. The molecule has 2 rings (SSSR count). The van der Waals surface area contributed by atoms with Crippen LogP contribution in [0.15, 0.2) is 28.7 Å².